The van der Waals surface area contributed by atoms with Crippen LogP contribution in [-0.2, 0) is 30.9 Å². The van der Waals surface area contributed by atoms with Crippen LogP contribution < -0.4 is 9.80 Å². The molecule has 0 saturated heterocycles. The van der Waals surface area contributed by atoms with E-state index in [4.69, 9.17) is 0 Å². The summed E-state index contributed by atoms with van der Waals surface area (Å²) in [5.74, 6) is 0.618. The number of hydrogen-bond acceptors (Lipinski definition) is 4. The van der Waals surface area contributed by atoms with Gasteiger partial charge in [0.2, 0.25) is 0 Å². The minimum atomic E-state index is 0. The number of anilines is 3. The summed E-state index contributed by atoms with van der Waals surface area (Å²) in [4.78, 5) is 11.7. The van der Waals surface area contributed by atoms with Crippen LogP contribution >= 0.6 is 11.8 Å². The summed E-state index contributed by atoms with van der Waals surface area (Å²) in [6.45, 7) is 17.5. The van der Waals surface area contributed by atoms with E-state index in [9.17, 15) is 0 Å². The molecule has 0 atom stereocenters. The Morgan fingerprint density at radius 3 is 2.44 bits per heavy atom. The van der Waals surface area contributed by atoms with E-state index in [-0.39, 0.29) is 30.9 Å². The van der Waals surface area contributed by atoms with Crippen LogP contribution in [0, 0.1) is 24.7 Å². The molecular formula is C36H38IrN3S. The van der Waals surface area contributed by atoms with Gasteiger partial charge in [-0.25, -0.2) is 0 Å². The first-order chi connectivity index (χ1) is 19.1. The molecule has 1 aromatic heterocycles. The molecule has 0 fully saturated rings. The van der Waals surface area contributed by atoms with Crippen molar-refractivity contribution in [3.8, 4) is 11.3 Å². The third-order valence-electron chi connectivity index (χ3n) is 8.26. The summed E-state index contributed by atoms with van der Waals surface area (Å²) < 4.78 is 0. The molecule has 41 heavy (non-hydrogen) atoms. The molecule has 212 valence electrons. The maximum atomic E-state index is 4.22. The summed E-state index contributed by atoms with van der Waals surface area (Å²) in [7, 11) is 0. The molecule has 0 radical (unpaired) electrons. The van der Waals surface area contributed by atoms with E-state index in [2.05, 4.69) is 99.4 Å². The zero-order valence-electron chi connectivity index (χ0n) is 24.8. The van der Waals surface area contributed by atoms with Crippen LogP contribution in [0.25, 0.3) is 11.3 Å². The van der Waals surface area contributed by atoms with Gasteiger partial charge >= 0.3 is 20.1 Å². The van der Waals surface area contributed by atoms with E-state index in [1.807, 2.05) is 54.2 Å². The fourth-order valence-electron chi connectivity index (χ4n) is 5.96. The van der Waals surface area contributed by atoms with Gasteiger partial charge in [0.25, 0.3) is 0 Å². The van der Waals surface area contributed by atoms with Crippen molar-refractivity contribution in [3.05, 3.63) is 103 Å². The third kappa shape index (κ3) is 5.74. The first-order valence-corrected chi connectivity index (χ1v) is 15.2. The van der Waals surface area contributed by atoms with E-state index in [1.54, 1.807) is 6.20 Å². The standard InChI is InChI=1S/C25H30N2S.C11H8N.Ir/c1-16(2)14-26-15-27-20-12-17-18(25(5,6)11-10-24(17,3)4)13-22(20)28-21-9-7-8-19(26)23(21)27;1-2-6-10(7-3-1)11-8-4-5-9-12-11;/h7-9,13,15-16H,10-11,14H2,1-6H3;1-6,8-9H;/q-2;-1;+3. The van der Waals surface area contributed by atoms with E-state index >= 15 is 0 Å². The van der Waals surface area contributed by atoms with Gasteiger partial charge in [-0.05, 0) is 48.2 Å². The fourth-order valence-corrected chi connectivity index (χ4v) is 7.06. The van der Waals surface area contributed by atoms with E-state index in [0.29, 0.717) is 5.92 Å². The normalized spacial score (nSPS) is 17.0. The van der Waals surface area contributed by atoms with Gasteiger partial charge < -0.3 is 14.8 Å². The molecule has 5 heteroatoms. The van der Waals surface area contributed by atoms with Crippen LogP contribution in [0.15, 0.2) is 82.7 Å². The van der Waals surface area contributed by atoms with Gasteiger partial charge in [0, 0.05) is 22.5 Å². The summed E-state index contributed by atoms with van der Waals surface area (Å²) in [5.41, 5.74) is 9.23. The number of fused-ring (bicyclic) bond motifs is 3. The Hall–Kier alpha value is -2.59. The number of benzene rings is 3. The van der Waals surface area contributed by atoms with Crippen molar-refractivity contribution in [3.63, 3.8) is 0 Å². The molecule has 1 aliphatic carbocycles. The van der Waals surface area contributed by atoms with E-state index < -0.39 is 0 Å². The molecule has 3 aliphatic rings. The van der Waals surface area contributed by atoms with Crippen LogP contribution in [0.5, 0.6) is 0 Å². The van der Waals surface area contributed by atoms with Crippen LogP contribution in [0.2, 0.25) is 0 Å². The van der Waals surface area contributed by atoms with Crippen molar-refractivity contribution in [1.29, 1.82) is 0 Å². The number of nitrogens with zero attached hydrogens (tertiary/aromatic N) is 3. The number of rotatable bonds is 3. The molecule has 0 spiro atoms. The average molecular weight is 737 g/mol. The Bertz CT molecular complexity index is 1480. The Morgan fingerprint density at radius 2 is 1.73 bits per heavy atom. The Balaban J connectivity index is 0.000000218. The van der Waals surface area contributed by atoms with Crippen molar-refractivity contribution in [2.24, 2.45) is 5.92 Å². The molecule has 4 aromatic rings. The molecule has 0 amide bonds. The molecular weight excluding hydrogens is 699 g/mol. The minimum absolute atomic E-state index is 0. The Morgan fingerprint density at radius 1 is 0.951 bits per heavy atom. The second kappa shape index (κ2) is 11.6. The molecule has 0 unspecified atom stereocenters. The second-order valence-electron chi connectivity index (χ2n) is 12.8. The third-order valence-corrected chi connectivity index (χ3v) is 9.34. The summed E-state index contributed by atoms with van der Waals surface area (Å²) in [6.07, 6.45) is 4.25. The maximum Gasteiger partial charge on any atom is 3.00 e. The number of hydrogen-bond donors (Lipinski definition) is 0. The minimum Gasteiger partial charge on any atom is -0.501 e. The Kier molecular flexibility index (Phi) is 8.45. The number of aromatic nitrogens is 1. The van der Waals surface area contributed by atoms with Crippen molar-refractivity contribution in [2.45, 2.75) is 75.0 Å². The second-order valence-corrected chi connectivity index (χ2v) is 13.9. The van der Waals surface area contributed by atoms with Gasteiger partial charge in [-0.3, -0.25) is 0 Å². The molecule has 0 bridgehead atoms. The van der Waals surface area contributed by atoms with Crippen LogP contribution in [-0.4, -0.2) is 11.5 Å². The molecule has 0 N–H and O–H groups in total. The predicted molar refractivity (Wildman–Crippen MR) is 168 cm³/mol. The van der Waals surface area contributed by atoms with Crippen LogP contribution in [0.1, 0.15) is 65.5 Å². The predicted octanol–water partition coefficient (Wildman–Crippen LogP) is 9.58. The van der Waals surface area contributed by atoms with Gasteiger partial charge in [-0.1, -0.05) is 82.2 Å². The van der Waals surface area contributed by atoms with Gasteiger partial charge in [0.15, 0.2) is 0 Å². The van der Waals surface area contributed by atoms with E-state index in [0.717, 1.165) is 17.8 Å². The van der Waals surface area contributed by atoms with Crippen LogP contribution in [0.4, 0.5) is 17.1 Å². The first kappa shape index (κ1) is 29.9. The van der Waals surface area contributed by atoms with Gasteiger partial charge in [-0.15, -0.1) is 41.5 Å². The van der Waals surface area contributed by atoms with Gasteiger partial charge in [0.1, 0.15) is 0 Å². The van der Waals surface area contributed by atoms with Gasteiger partial charge in [-0.2, -0.15) is 36.1 Å². The summed E-state index contributed by atoms with van der Waals surface area (Å²) in [5, 5.41) is 0. The monoisotopic (exact) mass is 737 g/mol. The molecule has 2 aliphatic heterocycles. The molecule has 7 rings (SSSR count). The number of pyridine rings is 1. The topological polar surface area (TPSA) is 19.4 Å². The molecule has 3 aromatic carbocycles. The molecule has 3 nitrogen and oxygen atoms in total. The number of para-hydroxylation sites is 1. The van der Waals surface area contributed by atoms with Crippen molar-refractivity contribution in [2.75, 3.05) is 16.3 Å². The van der Waals surface area contributed by atoms with Gasteiger partial charge in [0.05, 0.1) is 0 Å². The van der Waals surface area contributed by atoms with Crippen molar-refractivity contribution in [1.82, 2.24) is 4.98 Å². The zero-order chi connectivity index (χ0) is 28.1. The SMILES string of the molecule is CC(C)CN1[CH-]N2c3[c-]c4c(cc3Sc3cccc1c32)C(C)(C)CCC4(C)C.[Ir+3].[c-]1ccccc1-c1ccccn1. The molecule has 0 saturated carbocycles. The van der Waals surface area contributed by atoms with Crippen molar-refractivity contribution >= 4 is 28.8 Å². The van der Waals surface area contributed by atoms with E-state index in [1.165, 1.54) is 50.8 Å². The first-order valence-electron chi connectivity index (χ1n) is 14.4. The average Bonchev–Trinajstić information content (AvgIpc) is 3.31. The summed E-state index contributed by atoms with van der Waals surface area (Å²) in [6, 6.07) is 29.9. The molecule has 3 heterocycles. The fraction of sp³-hybridized carbons (Fsp3) is 0.333. The summed E-state index contributed by atoms with van der Waals surface area (Å²) >= 11 is 1.92. The zero-order valence-corrected chi connectivity index (χ0v) is 28.0. The quantitative estimate of drug-likeness (QED) is 0.195. The maximum absolute atomic E-state index is 4.22. The van der Waals surface area contributed by atoms with Crippen molar-refractivity contribution < 1.29 is 20.1 Å². The Labute approximate surface area is 264 Å². The van der Waals surface area contributed by atoms with Crippen LogP contribution in [0.3, 0.4) is 0 Å². The smallest absolute Gasteiger partial charge is 0.501 e. The largest absolute Gasteiger partial charge is 3.00 e.